The quantitative estimate of drug-likeness (QED) is 0.445. The number of ether oxygens (including phenoxy) is 1. The molecule has 1 aliphatic rings. The van der Waals surface area contributed by atoms with Gasteiger partial charge in [0.2, 0.25) is 5.91 Å². The molecule has 156 valence electrons. The number of hydrogen-bond acceptors (Lipinski definition) is 5. The lowest BCUT2D eigenvalue weighted by molar-refractivity contribution is -0.113. The summed E-state index contributed by atoms with van der Waals surface area (Å²) in [5.41, 5.74) is 1.67. The van der Waals surface area contributed by atoms with Crippen LogP contribution < -0.4 is 10.1 Å². The number of anilines is 1. The molecule has 2 aromatic carbocycles. The molecule has 1 saturated carbocycles. The van der Waals surface area contributed by atoms with Crippen LogP contribution >= 0.6 is 35.0 Å². The molecule has 0 unspecified atom stereocenters. The van der Waals surface area contributed by atoms with Crippen molar-refractivity contribution in [2.75, 3.05) is 11.1 Å². The zero-order chi connectivity index (χ0) is 21.1. The molecule has 0 bridgehead atoms. The number of carbonyl (C=O) groups excluding carboxylic acids is 1. The molecule has 6 nitrogen and oxygen atoms in total. The minimum atomic E-state index is -0.121. The highest BCUT2D eigenvalue weighted by atomic mass is 35.5. The van der Waals surface area contributed by atoms with Crippen molar-refractivity contribution in [1.29, 1.82) is 0 Å². The van der Waals surface area contributed by atoms with Gasteiger partial charge in [-0.05, 0) is 49.6 Å². The second kappa shape index (κ2) is 9.29. The van der Waals surface area contributed by atoms with E-state index in [0.29, 0.717) is 32.7 Å². The van der Waals surface area contributed by atoms with E-state index in [1.807, 2.05) is 31.2 Å². The number of benzene rings is 2. The van der Waals surface area contributed by atoms with E-state index in [4.69, 9.17) is 27.9 Å². The van der Waals surface area contributed by atoms with Crippen LogP contribution in [0.3, 0.4) is 0 Å². The first-order valence-corrected chi connectivity index (χ1v) is 11.3. The lowest BCUT2D eigenvalue weighted by Crippen LogP contribution is -2.15. The average molecular weight is 463 g/mol. The van der Waals surface area contributed by atoms with Crippen LogP contribution in [0.1, 0.15) is 30.3 Å². The summed E-state index contributed by atoms with van der Waals surface area (Å²) in [7, 11) is 0. The number of aromatic nitrogens is 3. The molecule has 1 aromatic heterocycles. The zero-order valence-corrected chi connectivity index (χ0v) is 18.6. The Hall–Kier alpha value is -2.22. The number of halogens is 2. The van der Waals surface area contributed by atoms with Crippen LogP contribution in [0.15, 0.2) is 47.6 Å². The van der Waals surface area contributed by atoms with E-state index in [0.717, 1.165) is 24.2 Å². The number of hydrogen-bond donors (Lipinski definition) is 1. The highest BCUT2D eigenvalue weighted by molar-refractivity contribution is 7.99. The molecule has 0 radical (unpaired) electrons. The maximum Gasteiger partial charge on any atom is 0.234 e. The Balaban J connectivity index is 1.40. The molecule has 1 N–H and O–H groups in total. The first kappa shape index (κ1) is 21.0. The monoisotopic (exact) mass is 462 g/mol. The van der Waals surface area contributed by atoms with Gasteiger partial charge < -0.3 is 10.1 Å². The summed E-state index contributed by atoms with van der Waals surface area (Å²) in [4.78, 5) is 12.4. The van der Waals surface area contributed by atoms with Crippen molar-refractivity contribution in [3.8, 4) is 5.75 Å². The van der Waals surface area contributed by atoms with Crippen LogP contribution in [0.4, 0.5) is 5.69 Å². The van der Waals surface area contributed by atoms with E-state index in [-0.39, 0.29) is 18.3 Å². The fourth-order valence-corrected chi connectivity index (χ4v) is 4.14. The van der Waals surface area contributed by atoms with Gasteiger partial charge >= 0.3 is 0 Å². The van der Waals surface area contributed by atoms with Crippen molar-refractivity contribution in [1.82, 2.24) is 14.8 Å². The molecule has 1 heterocycles. The number of para-hydroxylation sites is 1. The topological polar surface area (TPSA) is 69.0 Å². The highest BCUT2D eigenvalue weighted by Crippen LogP contribution is 2.39. The van der Waals surface area contributed by atoms with E-state index >= 15 is 0 Å². The Kier molecular flexibility index (Phi) is 6.51. The number of aryl methyl sites for hydroxylation is 1. The maximum atomic E-state index is 12.4. The van der Waals surface area contributed by atoms with Crippen molar-refractivity contribution < 1.29 is 9.53 Å². The largest absolute Gasteiger partial charge is 0.484 e. The number of carbonyl (C=O) groups is 1. The number of rotatable bonds is 8. The van der Waals surface area contributed by atoms with Crippen LogP contribution in [-0.4, -0.2) is 26.4 Å². The van der Waals surface area contributed by atoms with Crippen LogP contribution in [-0.2, 0) is 11.4 Å². The Bertz CT molecular complexity index is 1070. The average Bonchev–Trinajstić information content (AvgIpc) is 3.48. The summed E-state index contributed by atoms with van der Waals surface area (Å²) >= 11 is 13.5. The van der Waals surface area contributed by atoms with Gasteiger partial charge in [0.15, 0.2) is 11.0 Å². The smallest absolute Gasteiger partial charge is 0.234 e. The molecule has 0 saturated heterocycles. The van der Waals surface area contributed by atoms with Crippen molar-refractivity contribution in [3.63, 3.8) is 0 Å². The summed E-state index contributed by atoms with van der Waals surface area (Å²) in [6.07, 6.45) is 2.14. The van der Waals surface area contributed by atoms with Gasteiger partial charge in [0.25, 0.3) is 0 Å². The van der Waals surface area contributed by atoms with Crippen LogP contribution in [0, 0.1) is 6.92 Å². The van der Waals surface area contributed by atoms with Gasteiger partial charge in [-0.25, -0.2) is 0 Å². The third-order valence-corrected chi connectivity index (χ3v) is 6.14. The van der Waals surface area contributed by atoms with E-state index in [2.05, 4.69) is 20.1 Å². The summed E-state index contributed by atoms with van der Waals surface area (Å²) in [6, 6.07) is 13.1. The fourth-order valence-electron chi connectivity index (χ4n) is 2.95. The van der Waals surface area contributed by atoms with Gasteiger partial charge in [-0.15, -0.1) is 10.2 Å². The normalized spacial score (nSPS) is 13.3. The third-order valence-electron chi connectivity index (χ3n) is 4.65. The SMILES string of the molecule is Cc1ccc(Cl)cc1NC(=O)CSc1nnc(COc2ccccc2Cl)n1C1CC1. The van der Waals surface area contributed by atoms with Gasteiger partial charge in [0.1, 0.15) is 12.4 Å². The Labute approximate surface area is 188 Å². The van der Waals surface area contributed by atoms with Gasteiger partial charge in [-0.2, -0.15) is 0 Å². The van der Waals surface area contributed by atoms with Gasteiger partial charge in [0.05, 0.1) is 10.8 Å². The second-order valence-electron chi connectivity index (χ2n) is 7.02. The molecule has 1 fully saturated rings. The number of nitrogens with zero attached hydrogens (tertiary/aromatic N) is 3. The predicted octanol–water partition coefficient (Wildman–Crippen LogP) is 5.54. The molecule has 9 heteroatoms. The van der Waals surface area contributed by atoms with Gasteiger partial charge in [-0.1, -0.05) is 53.2 Å². The minimum Gasteiger partial charge on any atom is -0.484 e. The van der Waals surface area contributed by atoms with Gasteiger partial charge in [0, 0.05) is 16.8 Å². The van der Waals surface area contributed by atoms with E-state index in [1.165, 1.54) is 11.8 Å². The number of amides is 1. The lowest BCUT2D eigenvalue weighted by Gasteiger charge is -2.11. The summed E-state index contributed by atoms with van der Waals surface area (Å²) in [5.74, 6) is 1.44. The second-order valence-corrected chi connectivity index (χ2v) is 8.80. The molecule has 1 amide bonds. The van der Waals surface area contributed by atoms with E-state index < -0.39 is 0 Å². The molecule has 0 atom stereocenters. The van der Waals surface area contributed by atoms with Gasteiger partial charge in [-0.3, -0.25) is 9.36 Å². The van der Waals surface area contributed by atoms with E-state index in [1.54, 1.807) is 18.2 Å². The molecular formula is C21H20Cl2N4O2S. The van der Waals surface area contributed by atoms with E-state index in [9.17, 15) is 4.79 Å². The number of nitrogens with one attached hydrogen (secondary N) is 1. The standard InChI is InChI=1S/C21H20Cl2N4O2S/c1-13-6-7-14(22)10-17(13)24-20(28)12-30-21-26-25-19(27(21)15-8-9-15)11-29-18-5-3-2-4-16(18)23/h2-7,10,15H,8-9,11-12H2,1H3,(H,24,28). The minimum absolute atomic E-state index is 0.121. The Morgan fingerprint density at radius 2 is 2.03 bits per heavy atom. The number of thioether (sulfide) groups is 1. The molecule has 3 aromatic rings. The maximum absolute atomic E-state index is 12.4. The van der Waals surface area contributed by atoms with Crippen molar-refractivity contribution in [2.45, 2.75) is 37.6 Å². The Morgan fingerprint density at radius 1 is 1.23 bits per heavy atom. The molecule has 1 aliphatic carbocycles. The molecular weight excluding hydrogens is 443 g/mol. The summed E-state index contributed by atoms with van der Waals surface area (Å²) in [5, 5.41) is 13.3. The molecule has 0 spiro atoms. The lowest BCUT2D eigenvalue weighted by atomic mass is 10.2. The van der Waals surface area contributed by atoms with Crippen molar-refractivity contribution in [2.24, 2.45) is 0 Å². The van der Waals surface area contributed by atoms with Crippen LogP contribution in [0.25, 0.3) is 0 Å². The van der Waals surface area contributed by atoms with Crippen molar-refractivity contribution >= 4 is 46.6 Å². The summed E-state index contributed by atoms with van der Waals surface area (Å²) in [6.45, 7) is 2.19. The highest BCUT2D eigenvalue weighted by Gasteiger charge is 2.30. The fraction of sp³-hybridized carbons (Fsp3) is 0.286. The Morgan fingerprint density at radius 3 is 2.80 bits per heavy atom. The predicted molar refractivity (Wildman–Crippen MR) is 120 cm³/mol. The first-order chi connectivity index (χ1) is 14.5. The molecule has 0 aliphatic heterocycles. The zero-order valence-electron chi connectivity index (χ0n) is 16.3. The van der Waals surface area contributed by atoms with Crippen LogP contribution in [0.2, 0.25) is 10.0 Å². The molecule has 4 rings (SSSR count). The van der Waals surface area contributed by atoms with Crippen molar-refractivity contribution in [3.05, 3.63) is 63.9 Å². The first-order valence-electron chi connectivity index (χ1n) is 9.51. The summed E-state index contributed by atoms with van der Waals surface area (Å²) < 4.78 is 7.90. The van der Waals surface area contributed by atoms with Crippen LogP contribution in [0.5, 0.6) is 5.75 Å². The molecule has 30 heavy (non-hydrogen) atoms. The third kappa shape index (κ3) is 5.09.